The topological polar surface area (TPSA) is 102 Å². The molecule has 0 unspecified atom stereocenters. The van der Waals surface area contributed by atoms with Gasteiger partial charge in [-0.3, -0.25) is 4.55 Å². The Hall–Kier alpha value is -2.40. The molecule has 0 radical (unpaired) electrons. The van der Waals surface area contributed by atoms with Gasteiger partial charge in [-0.15, -0.1) is 12.6 Å². The van der Waals surface area contributed by atoms with Crippen LogP contribution in [0.15, 0.2) is 70.5 Å². The molecule has 1 N–H and O–H groups in total. The second-order valence-corrected chi connectivity index (χ2v) is 6.50. The zero-order valence-electron chi connectivity index (χ0n) is 11.8. The van der Waals surface area contributed by atoms with Crippen LogP contribution in [-0.2, 0) is 10.1 Å². The highest BCUT2D eigenvalue weighted by atomic mass is 32.2. The Balaban J connectivity index is 0.000000924. The molecule has 0 aliphatic heterocycles. The Kier molecular flexibility index (Phi) is 5.01. The normalized spacial score (nSPS) is 10.8. The minimum atomic E-state index is -4.36. The zero-order chi connectivity index (χ0) is 17.0. The SMILES string of the molecule is N#N.O=S(=O)(O)c1c(-c2ccccc2S)ccc2ccccc12. The molecule has 3 rings (SSSR count). The largest absolute Gasteiger partial charge is 0.295 e. The minimum absolute atomic E-state index is 0.0814. The van der Waals surface area contributed by atoms with Crippen molar-refractivity contribution < 1.29 is 13.0 Å². The van der Waals surface area contributed by atoms with Crippen molar-refractivity contribution >= 4 is 33.5 Å². The maximum absolute atomic E-state index is 11.9. The van der Waals surface area contributed by atoms with Crippen LogP contribution in [0.2, 0.25) is 0 Å². The van der Waals surface area contributed by atoms with Crippen LogP contribution in [0.5, 0.6) is 0 Å². The molecule has 0 aromatic heterocycles. The van der Waals surface area contributed by atoms with Crippen LogP contribution in [0, 0.1) is 10.8 Å². The lowest BCUT2D eigenvalue weighted by Crippen LogP contribution is -2.02. The van der Waals surface area contributed by atoms with Crippen LogP contribution in [0.1, 0.15) is 0 Å². The molecule has 0 heterocycles. The van der Waals surface area contributed by atoms with Gasteiger partial charge in [0.1, 0.15) is 4.90 Å². The van der Waals surface area contributed by atoms with E-state index in [1.807, 2.05) is 18.2 Å². The zero-order valence-corrected chi connectivity index (χ0v) is 13.5. The van der Waals surface area contributed by atoms with Crippen molar-refractivity contribution in [2.24, 2.45) is 0 Å². The fourth-order valence-corrected chi connectivity index (χ4v) is 3.64. The summed E-state index contributed by atoms with van der Waals surface area (Å²) in [6.07, 6.45) is 0. The van der Waals surface area contributed by atoms with E-state index >= 15 is 0 Å². The van der Waals surface area contributed by atoms with E-state index in [9.17, 15) is 13.0 Å². The first-order chi connectivity index (χ1) is 11.0. The maximum Gasteiger partial charge on any atom is 0.295 e. The van der Waals surface area contributed by atoms with Crippen LogP contribution in [0.4, 0.5) is 0 Å². The fourth-order valence-electron chi connectivity index (χ4n) is 2.43. The standard InChI is InChI=1S/C16H12O3S2.N2/c17-21(18,19)16-12-6-2-1-5-11(12)9-10-14(16)13-7-3-4-8-15(13)20;1-2/h1-10,20H,(H,17,18,19);. The van der Waals surface area contributed by atoms with Crippen molar-refractivity contribution in [3.05, 3.63) is 60.7 Å². The summed E-state index contributed by atoms with van der Waals surface area (Å²) in [5, 5.41) is 13.2. The highest BCUT2D eigenvalue weighted by Gasteiger charge is 2.21. The van der Waals surface area contributed by atoms with Gasteiger partial charge >= 0.3 is 0 Å². The fraction of sp³-hybridized carbons (Fsp3) is 0. The summed E-state index contributed by atoms with van der Waals surface area (Å²) < 4.78 is 33.4. The Morgan fingerprint density at radius 1 is 0.826 bits per heavy atom. The van der Waals surface area contributed by atoms with Gasteiger partial charge in [-0.2, -0.15) is 8.42 Å². The van der Waals surface area contributed by atoms with Gasteiger partial charge in [0.05, 0.1) is 0 Å². The smallest absolute Gasteiger partial charge is 0.282 e. The Labute approximate surface area is 139 Å². The van der Waals surface area contributed by atoms with Crippen LogP contribution in [0.25, 0.3) is 21.9 Å². The maximum atomic E-state index is 11.9. The van der Waals surface area contributed by atoms with Crippen LogP contribution in [0.3, 0.4) is 0 Å². The lowest BCUT2D eigenvalue weighted by molar-refractivity contribution is 0.484. The second-order valence-electron chi connectivity index (χ2n) is 4.66. The first-order valence-corrected chi connectivity index (χ1v) is 8.35. The highest BCUT2D eigenvalue weighted by molar-refractivity contribution is 7.86. The molecule has 5 nitrogen and oxygen atoms in total. The van der Waals surface area contributed by atoms with Crippen molar-refractivity contribution in [2.75, 3.05) is 0 Å². The first kappa shape index (κ1) is 17.0. The number of benzene rings is 3. The molecule has 3 aromatic carbocycles. The van der Waals surface area contributed by atoms with Gasteiger partial charge < -0.3 is 0 Å². The van der Waals surface area contributed by atoms with Gasteiger partial charge in [-0.25, -0.2) is 0 Å². The summed E-state index contributed by atoms with van der Waals surface area (Å²) in [6.45, 7) is 0. The molecule has 0 spiro atoms. The summed E-state index contributed by atoms with van der Waals surface area (Å²) in [5.74, 6) is 0. The summed E-state index contributed by atoms with van der Waals surface area (Å²) in [4.78, 5) is 0.569. The molecule has 0 amide bonds. The van der Waals surface area contributed by atoms with Crippen molar-refractivity contribution in [3.63, 3.8) is 0 Å². The molecule has 7 heteroatoms. The molecule has 3 aromatic rings. The van der Waals surface area contributed by atoms with Gasteiger partial charge in [-0.05, 0) is 17.0 Å². The van der Waals surface area contributed by atoms with Gasteiger partial charge in [-0.1, -0.05) is 54.6 Å². The van der Waals surface area contributed by atoms with E-state index in [2.05, 4.69) is 12.6 Å². The van der Waals surface area contributed by atoms with Crippen LogP contribution >= 0.6 is 12.6 Å². The molecule has 23 heavy (non-hydrogen) atoms. The van der Waals surface area contributed by atoms with E-state index in [1.165, 1.54) is 0 Å². The Morgan fingerprint density at radius 3 is 2.09 bits per heavy atom. The molecule has 0 bridgehead atoms. The van der Waals surface area contributed by atoms with E-state index in [0.717, 1.165) is 5.39 Å². The molecule has 0 fully saturated rings. The molecular weight excluding hydrogens is 332 g/mol. The molecule has 0 saturated carbocycles. The molecular formula is C16H12N2O3S2. The monoisotopic (exact) mass is 344 g/mol. The molecule has 0 atom stereocenters. The van der Waals surface area contributed by atoms with E-state index < -0.39 is 10.1 Å². The van der Waals surface area contributed by atoms with Gasteiger partial charge in [0.15, 0.2) is 0 Å². The lowest BCUT2D eigenvalue weighted by atomic mass is 10.0. The van der Waals surface area contributed by atoms with Crippen molar-refractivity contribution in [2.45, 2.75) is 9.79 Å². The third-order valence-electron chi connectivity index (χ3n) is 3.33. The van der Waals surface area contributed by atoms with E-state index in [1.54, 1.807) is 42.5 Å². The molecule has 116 valence electrons. The first-order valence-electron chi connectivity index (χ1n) is 6.46. The lowest BCUT2D eigenvalue weighted by Gasteiger charge is -2.12. The van der Waals surface area contributed by atoms with Gasteiger partial charge in [0, 0.05) is 26.6 Å². The van der Waals surface area contributed by atoms with Crippen molar-refractivity contribution in [1.29, 1.82) is 10.8 Å². The molecule has 0 aliphatic rings. The summed E-state index contributed by atoms with van der Waals surface area (Å²) in [5.41, 5.74) is 1.11. The number of fused-ring (bicyclic) bond motifs is 1. The Morgan fingerprint density at radius 2 is 1.43 bits per heavy atom. The minimum Gasteiger partial charge on any atom is -0.282 e. The second kappa shape index (κ2) is 6.79. The van der Waals surface area contributed by atoms with Crippen molar-refractivity contribution in [3.8, 4) is 11.1 Å². The number of hydrogen-bond acceptors (Lipinski definition) is 5. The van der Waals surface area contributed by atoms with E-state index in [-0.39, 0.29) is 4.90 Å². The van der Waals surface area contributed by atoms with Crippen LogP contribution in [-0.4, -0.2) is 13.0 Å². The summed E-state index contributed by atoms with van der Waals surface area (Å²) in [7, 11) is -4.36. The van der Waals surface area contributed by atoms with E-state index in [4.69, 9.17) is 10.8 Å². The predicted octanol–water partition coefficient (Wildman–Crippen LogP) is 4.07. The number of hydrogen-bond donors (Lipinski definition) is 2. The predicted molar refractivity (Wildman–Crippen MR) is 89.9 cm³/mol. The summed E-state index contributed by atoms with van der Waals surface area (Å²) >= 11 is 4.37. The quantitative estimate of drug-likeness (QED) is 0.414. The number of rotatable bonds is 2. The number of thiol groups is 1. The van der Waals surface area contributed by atoms with Gasteiger partial charge in [0.2, 0.25) is 0 Å². The third kappa shape index (κ3) is 3.35. The van der Waals surface area contributed by atoms with E-state index in [0.29, 0.717) is 21.4 Å². The molecule has 0 aliphatic carbocycles. The van der Waals surface area contributed by atoms with Gasteiger partial charge in [0.25, 0.3) is 10.1 Å². The average molecular weight is 344 g/mol. The van der Waals surface area contributed by atoms with Crippen LogP contribution < -0.4 is 0 Å². The molecule has 0 saturated heterocycles. The summed E-state index contributed by atoms with van der Waals surface area (Å²) in [6, 6.07) is 17.8. The Bertz CT molecular complexity index is 983. The highest BCUT2D eigenvalue weighted by Crippen LogP contribution is 2.36. The third-order valence-corrected chi connectivity index (χ3v) is 4.68. The number of nitrogens with zero attached hydrogens (tertiary/aromatic N) is 2. The van der Waals surface area contributed by atoms with Crippen molar-refractivity contribution in [1.82, 2.24) is 0 Å². The average Bonchev–Trinajstić information content (AvgIpc) is 2.55.